The number of aromatic nitrogens is 1. The predicted octanol–water partition coefficient (Wildman–Crippen LogP) is 1.76. The molecule has 0 amide bonds. The van der Waals surface area contributed by atoms with Crippen LogP contribution in [0.25, 0.3) is 0 Å². The van der Waals surface area contributed by atoms with Crippen molar-refractivity contribution in [3.63, 3.8) is 0 Å². The maximum absolute atomic E-state index is 12.4. The summed E-state index contributed by atoms with van der Waals surface area (Å²) >= 11 is 6.68. The molecule has 1 rings (SSSR count). The lowest BCUT2D eigenvalue weighted by atomic mass is 10.3. The fraction of sp³-hybridized carbons (Fsp3) is 0.700. The zero-order valence-electron chi connectivity index (χ0n) is 10.9. The summed E-state index contributed by atoms with van der Waals surface area (Å²) in [6.45, 7) is 4.81. The summed E-state index contributed by atoms with van der Waals surface area (Å²) in [7, 11) is 0.337. The zero-order valence-corrected chi connectivity index (χ0v) is 13.3. The fourth-order valence-corrected chi connectivity index (χ4v) is 4.87. The number of likely N-dealkylation sites (N-methyl/N-ethyl adjacent to an activating group) is 2. The van der Waals surface area contributed by atoms with Gasteiger partial charge in [0, 0.05) is 19.1 Å². The molecule has 1 atom stereocenters. The quantitative estimate of drug-likeness (QED) is 0.803. The van der Waals surface area contributed by atoms with Crippen LogP contribution in [-0.2, 0) is 10.0 Å². The van der Waals surface area contributed by atoms with E-state index < -0.39 is 10.0 Å². The van der Waals surface area contributed by atoms with Gasteiger partial charge in [-0.15, -0.1) is 0 Å². The van der Waals surface area contributed by atoms with Crippen molar-refractivity contribution in [2.24, 2.45) is 0 Å². The summed E-state index contributed by atoms with van der Waals surface area (Å²) in [5.41, 5.74) is 0. The summed E-state index contributed by atoms with van der Waals surface area (Å²) in [6, 6.07) is -0.101. The first kappa shape index (κ1) is 15.8. The maximum atomic E-state index is 12.4. The molecule has 0 fully saturated rings. The highest BCUT2D eigenvalue weighted by Gasteiger charge is 2.29. The molecule has 1 unspecified atom stereocenters. The highest BCUT2D eigenvalue weighted by molar-refractivity contribution is 7.91. The average molecular weight is 312 g/mol. The van der Waals surface area contributed by atoms with Gasteiger partial charge in [0.05, 0.1) is 6.20 Å². The lowest BCUT2D eigenvalue weighted by Gasteiger charge is -2.28. The number of thiazole rings is 1. The molecule has 0 saturated heterocycles. The third kappa shape index (κ3) is 3.64. The first-order chi connectivity index (χ1) is 8.28. The molecule has 0 radical (unpaired) electrons. The standard InChI is InChI=1S/C10H18ClN3O2S2/c1-5-14(8(2)7-13(3)4)18(15,16)9-6-12-10(11)17-9/h6,8H,5,7H2,1-4H3. The van der Waals surface area contributed by atoms with Gasteiger partial charge in [0.25, 0.3) is 10.0 Å². The van der Waals surface area contributed by atoms with E-state index in [1.54, 1.807) is 0 Å². The molecule has 18 heavy (non-hydrogen) atoms. The van der Waals surface area contributed by atoms with Crippen LogP contribution in [0.5, 0.6) is 0 Å². The van der Waals surface area contributed by atoms with Crippen LogP contribution in [0.15, 0.2) is 10.4 Å². The van der Waals surface area contributed by atoms with E-state index in [2.05, 4.69) is 4.98 Å². The molecule has 8 heteroatoms. The van der Waals surface area contributed by atoms with E-state index >= 15 is 0 Å². The van der Waals surface area contributed by atoms with Gasteiger partial charge in [0.15, 0.2) is 8.68 Å². The smallest absolute Gasteiger partial charge is 0.254 e. The molecule has 0 bridgehead atoms. The minimum atomic E-state index is -3.50. The lowest BCUT2D eigenvalue weighted by molar-refractivity contribution is 0.272. The van der Waals surface area contributed by atoms with E-state index in [1.807, 2.05) is 32.8 Å². The third-order valence-corrected chi connectivity index (χ3v) is 6.09. The van der Waals surface area contributed by atoms with E-state index in [4.69, 9.17) is 11.6 Å². The van der Waals surface area contributed by atoms with E-state index in [-0.39, 0.29) is 14.7 Å². The van der Waals surface area contributed by atoms with Gasteiger partial charge < -0.3 is 4.90 Å². The average Bonchev–Trinajstić information content (AvgIpc) is 2.64. The van der Waals surface area contributed by atoms with Gasteiger partial charge in [-0.2, -0.15) is 4.31 Å². The Morgan fingerprint density at radius 1 is 1.50 bits per heavy atom. The molecule has 0 aromatic carbocycles. The molecule has 0 aliphatic carbocycles. The second kappa shape index (κ2) is 6.29. The molecule has 0 saturated carbocycles. The van der Waals surface area contributed by atoms with Crippen molar-refractivity contribution in [3.05, 3.63) is 10.7 Å². The molecule has 1 heterocycles. The molecule has 1 aromatic heterocycles. The highest BCUT2D eigenvalue weighted by Crippen LogP contribution is 2.26. The molecule has 0 aliphatic heterocycles. The van der Waals surface area contributed by atoms with Crippen LogP contribution in [-0.4, -0.2) is 55.8 Å². The summed E-state index contributed by atoms with van der Waals surface area (Å²) in [5.74, 6) is 0. The van der Waals surface area contributed by atoms with Crippen LogP contribution in [0.1, 0.15) is 13.8 Å². The highest BCUT2D eigenvalue weighted by atomic mass is 35.5. The van der Waals surface area contributed by atoms with E-state index in [0.29, 0.717) is 13.1 Å². The number of sulfonamides is 1. The Labute approximate surface area is 117 Å². The Morgan fingerprint density at radius 2 is 2.11 bits per heavy atom. The van der Waals surface area contributed by atoms with Crippen LogP contribution in [0.4, 0.5) is 0 Å². The SMILES string of the molecule is CCN(C(C)CN(C)C)S(=O)(=O)c1cnc(Cl)s1. The van der Waals surface area contributed by atoms with Crippen LogP contribution in [0.3, 0.4) is 0 Å². The zero-order chi connectivity index (χ0) is 13.9. The molecule has 0 spiro atoms. The normalized spacial score (nSPS) is 14.4. The van der Waals surface area contributed by atoms with E-state index in [1.165, 1.54) is 10.5 Å². The first-order valence-corrected chi connectivity index (χ1v) is 8.20. The number of nitrogens with zero attached hydrogens (tertiary/aromatic N) is 3. The van der Waals surface area contributed by atoms with Gasteiger partial charge in [-0.25, -0.2) is 13.4 Å². The first-order valence-electron chi connectivity index (χ1n) is 5.57. The number of halogens is 1. The van der Waals surface area contributed by atoms with Crippen molar-refractivity contribution in [3.8, 4) is 0 Å². The van der Waals surface area contributed by atoms with E-state index in [0.717, 1.165) is 11.3 Å². The largest absolute Gasteiger partial charge is 0.308 e. The monoisotopic (exact) mass is 311 g/mol. The van der Waals surface area contributed by atoms with Gasteiger partial charge in [-0.3, -0.25) is 0 Å². The van der Waals surface area contributed by atoms with Gasteiger partial charge >= 0.3 is 0 Å². The van der Waals surface area contributed by atoms with Gasteiger partial charge in [-0.05, 0) is 21.0 Å². The Morgan fingerprint density at radius 3 is 2.50 bits per heavy atom. The van der Waals surface area contributed by atoms with Crippen molar-refractivity contribution in [1.82, 2.24) is 14.2 Å². The van der Waals surface area contributed by atoms with Gasteiger partial charge in [0.1, 0.15) is 0 Å². The third-order valence-electron chi connectivity index (χ3n) is 2.45. The van der Waals surface area contributed by atoms with Crippen molar-refractivity contribution < 1.29 is 8.42 Å². The number of rotatable bonds is 6. The second-order valence-corrected chi connectivity index (χ2v) is 7.98. The van der Waals surface area contributed by atoms with Crippen molar-refractivity contribution in [2.75, 3.05) is 27.2 Å². The molecular weight excluding hydrogens is 294 g/mol. The van der Waals surface area contributed by atoms with Gasteiger partial charge in [0.2, 0.25) is 0 Å². The Balaban J connectivity index is 3.00. The summed E-state index contributed by atoms with van der Waals surface area (Å²) in [6.07, 6.45) is 1.31. The lowest BCUT2D eigenvalue weighted by Crippen LogP contribution is -2.43. The number of hydrogen-bond acceptors (Lipinski definition) is 5. The van der Waals surface area contributed by atoms with Crippen LogP contribution < -0.4 is 0 Å². The molecule has 104 valence electrons. The molecule has 5 nitrogen and oxygen atoms in total. The van der Waals surface area contributed by atoms with Crippen LogP contribution >= 0.6 is 22.9 Å². The summed E-state index contributed by atoms with van der Waals surface area (Å²) in [4.78, 5) is 5.75. The van der Waals surface area contributed by atoms with Crippen LogP contribution in [0, 0.1) is 0 Å². The Kier molecular flexibility index (Phi) is 5.54. The minimum absolute atomic E-state index is 0.101. The topological polar surface area (TPSA) is 53.5 Å². The fourth-order valence-electron chi connectivity index (χ4n) is 1.81. The van der Waals surface area contributed by atoms with Crippen LogP contribution in [0.2, 0.25) is 4.47 Å². The molecule has 0 N–H and O–H groups in total. The molecule has 1 aromatic rings. The minimum Gasteiger partial charge on any atom is -0.308 e. The second-order valence-electron chi connectivity index (χ2n) is 4.25. The summed E-state index contributed by atoms with van der Waals surface area (Å²) in [5, 5.41) is 0. The van der Waals surface area contributed by atoms with Crippen molar-refractivity contribution in [2.45, 2.75) is 24.1 Å². The predicted molar refractivity (Wildman–Crippen MR) is 74.7 cm³/mol. The maximum Gasteiger partial charge on any atom is 0.254 e. The Bertz CT molecular complexity index is 487. The van der Waals surface area contributed by atoms with Crippen molar-refractivity contribution >= 4 is 33.0 Å². The number of hydrogen-bond donors (Lipinski definition) is 0. The molecule has 0 aliphatic rings. The summed E-state index contributed by atoms with van der Waals surface area (Å²) < 4.78 is 26.7. The Hall–Kier alpha value is -0.210. The molecular formula is C10H18ClN3O2S2. The van der Waals surface area contributed by atoms with Gasteiger partial charge in [-0.1, -0.05) is 29.9 Å². The van der Waals surface area contributed by atoms with E-state index in [9.17, 15) is 8.42 Å². The van der Waals surface area contributed by atoms with Crippen molar-refractivity contribution in [1.29, 1.82) is 0 Å².